The van der Waals surface area contributed by atoms with Gasteiger partial charge in [-0.15, -0.1) is 0 Å². The number of nitrogens with one attached hydrogen (secondary N) is 2. The molecule has 2 heterocycles. The van der Waals surface area contributed by atoms with Gasteiger partial charge in [0.1, 0.15) is 0 Å². The van der Waals surface area contributed by atoms with Crippen molar-refractivity contribution < 1.29 is 5.11 Å². The van der Waals surface area contributed by atoms with Crippen molar-refractivity contribution in [2.45, 2.75) is 18.6 Å². The van der Waals surface area contributed by atoms with Crippen LogP contribution in [0.4, 0.5) is 0 Å². The second kappa shape index (κ2) is 4.00. The van der Waals surface area contributed by atoms with Crippen LogP contribution < -0.4 is 16.6 Å². The summed E-state index contributed by atoms with van der Waals surface area (Å²) in [4.78, 5) is 24.5. The topological polar surface area (TPSA) is 87.1 Å². The van der Waals surface area contributed by atoms with E-state index in [0.29, 0.717) is 19.5 Å². The first kappa shape index (κ1) is 10.1. The summed E-state index contributed by atoms with van der Waals surface area (Å²) in [6, 6.07) is 1.21. The molecule has 0 saturated carbocycles. The van der Waals surface area contributed by atoms with Gasteiger partial charge in [0, 0.05) is 25.4 Å². The Morgan fingerprint density at radius 3 is 2.87 bits per heavy atom. The second-order valence-corrected chi connectivity index (χ2v) is 3.72. The van der Waals surface area contributed by atoms with Gasteiger partial charge in [-0.3, -0.25) is 14.3 Å². The number of hydrogen-bond acceptors (Lipinski definition) is 4. The van der Waals surface area contributed by atoms with E-state index < -0.39 is 17.4 Å². The van der Waals surface area contributed by atoms with Crippen molar-refractivity contribution in [1.82, 2.24) is 14.9 Å². The van der Waals surface area contributed by atoms with Crippen LogP contribution in [-0.2, 0) is 0 Å². The second-order valence-electron chi connectivity index (χ2n) is 3.72. The third-order valence-electron chi connectivity index (χ3n) is 2.55. The highest BCUT2D eigenvalue weighted by atomic mass is 16.3. The molecule has 0 spiro atoms. The number of piperidine rings is 1. The Kier molecular flexibility index (Phi) is 2.70. The lowest BCUT2D eigenvalue weighted by Crippen LogP contribution is -2.44. The number of aromatic nitrogens is 2. The molecule has 1 aromatic heterocycles. The van der Waals surface area contributed by atoms with E-state index >= 15 is 0 Å². The number of rotatable bonds is 1. The van der Waals surface area contributed by atoms with Gasteiger partial charge >= 0.3 is 5.69 Å². The van der Waals surface area contributed by atoms with Crippen LogP contribution in [0.15, 0.2) is 21.9 Å². The molecule has 82 valence electrons. The maximum atomic E-state index is 11.4. The Morgan fingerprint density at radius 2 is 2.20 bits per heavy atom. The number of aromatic amines is 1. The molecule has 0 bridgehead atoms. The summed E-state index contributed by atoms with van der Waals surface area (Å²) in [5.74, 6) is 0. The maximum Gasteiger partial charge on any atom is 0.328 e. The normalized spacial score (nSPS) is 26.5. The fraction of sp³-hybridized carbons (Fsp3) is 0.556. The molecule has 6 heteroatoms. The summed E-state index contributed by atoms with van der Waals surface area (Å²) < 4.78 is 1.44. The maximum absolute atomic E-state index is 11.4. The Hall–Kier alpha value is -1.40. The number of aliphatic hydroxyl groups is 1. The third-order valence-corrected chi connectivity index (χ3v) is 2.55. The number of H-pyrrole nitrogens is 1. The van der Waals surface area contributed by atoms with Gasteiger partial charge in [0.25, 0.3) is 5.56 Å². The van der Waals surface area contributed by atoms with E-state index in [-0.39, 0.29) is 6.04 Å². The minimum absolute atomic E-state index is 0.0990. The minimum Gasteiger partial charge on any atom is -0.392 e. The summed E-state index contributed by atoms with van der Waals surface area (Å²) in [5.41, 5.74) is -0.830. The van der Waals surface area contributed by atoms with Crippen LogP contribution in [0.25, 0.3) is 0 Å². The fourth-order valence-electron chi connectivity index (χ4n) is 1.82. The number of nitrogens with zero attached hydrogens (tertiary/aromatic N) is 1. The predicted molar refractivity (Wildman–Crippen MR) is 53.9 cm³/mol. The lowest BCUT2D eigenvalue weighted by atomic mass is 10.1. The Morgan fingerprint density at radius 1 is 1.40 bits per heavy atom. The van der Waals surface area contributed by atoms with E-state index in [0.717, 1.165) is 0 Å². The first-order valence-corrected chi connectivity index (χ1v) is 4.87. The quantitative estimate of drug-likeness (QED) is 0.524. The number of aliphatic hydroxyl groups excluding tert-OH is 1. The lowest BCUT2D eigenvalue weighted by molar-refractivity contribution is 0.115. The fourth-order valence-corrected chi connectivity index (χ4v) is 1.82. The van der Waals surface area contributed by atoms with Crippen LogP contribution in [0.5, 0.6) is 0 Å². The SMILES string of the molecule is O=c1ccn([C@@H]2CNC[C@H](O)C2)c(=O)[nH]1. The highest BCUT2D eigenvalue weighted by Crippen LogP contribution is 2.13. The van der Waals surface area contributed by atoms with Crippen molar-refractivity contribution in [1.29, 1.82) is 0 Å². The van der Waals surface area contributed by atoms with E-state index in [9.17, 15) is 14.7 Å². The molecule has 6 nitrogen and oxygen atoms in total. The van der Waals surface area contributed by atoms with Gasteiger partial charge in [-0.1, -0.05) is 0 Å². The monoisotopic (exact) mass is 211 g/mol. The Labute approximate surface area is 85.6 Å². The van der Waals surface area contributed by atoms with Gasteiger partial charge in [-0.2, -0.15) is 0 Å². The predicted octanol–water partition coefficient (Wildman–Crippen LogP) is -1.57. The molecular formula is C9H13N3O3. The molecule has 0 unspecified atom stereocenters. The van der Waals surface area contributed by atoms with E-state index in [4.69, 9.17) is 0 Å². The van der Waals surface area contributed by atoms with Crippen molar-refractivity contribution in [3.63, 3.8) is 0 Å². The molecule has 1 aliphatic rings. The van der Waals surface area contributed by atoms with Gasteiger partial charge in [0.2, 0.25) is 0 Å². The van der Waals surface area contributed by atoms with Crippen LogP contribution in [0.3, 0.4) is 0 Å². The van der Waals surface area contributed by atoms with Crippen LogP contribution in [0.2, 0.25) is 0 Å². The molecule has 0 amide bonds. The first-order valence-electron chi connectivity index (χ1n) is 4.87. The summed E-state index contributed by atoms with van der Waals surface area (Å²) in [6.45, 7) is 1.18. The molecule has 1 saturated heterocycles. The third kappa shape index (κ3) is 2.16. The van der Waals surface area contributed by atoms with E-state index in [1.54, 1.807) is 0 Å². The number of hydrogen-bond donors (Lipinski definition) is 3. The Bertz CT molecular complexity index is 450. The van der Waals surface area contributed by atoms with Crippen LogP contribution in [-0.4, -0.2) is 33.9 Å². The van der Waals surface area contributed by atoms with Crippen LogP contribution >= 0.6 is 0 Å². The van der Waals surface area contributed by atoms with Crippen molar-refractivity contribution in [3.8, 4) is 0 Å². The summed E-state index contributed by atoms with van der Waals surface area (Å²) in [7, 11) is 0. The van der Waals surface area contributed by atoms with Gasteiger partial charge in [0.05, 0.1) is 12.1 Å². The molecule has 1 aromatic rings. The molecule has 3 N–H and O–H groups in total. The minimum atomic E-state index is -0.442. The van der Waals surface area contributed by atoms with Gasteiger partial charge in [-0.25, -0.2) is 4.79 Å². The zero-order chi connectivity index (χ0) is 10.8. The summed E-state index contributed by atoms with van der Waals surface area (Å²) in [6.07, 6.45) is 1.55. The van der Waals surface area contributed by atoms with E-state index in [1.807, 2.05) is 0 Å². The van der Waals surface area contributed by atoms with Crippen molar-refractivity contribution >= 4 is 0 Å². The molecular weight excluding hydrogens is 198 g/mol. The van der Waals surface area contributed by atoms with Crippen LogP contribution in [0.1, 0.15) is 12.5 Å². The Balaban J connectivity index is 2.29. The largest absolute Gasteiger partial charge is 0.392 e. The lowest BCUT2D eigenvalue weighted by Gasteiger charge is -2.27. The van der Waals surface area contributed by atoms with Gasteiger partial charge in [-0.05, 0) is 6.42 Å². The highest BCUT2D eigenvalue weighted by molar-refractivity contribution is 4.89. The van der Waals surface area contributed by atoms with Gasteiger partial charge < -0.3 is 10.4 Å². The van der Waals surface area contributed by atoms with Crippen LogP contribution in [0, 0.1) is 0 Å². The molecule has 0 radical (unpaired) electrons. The molecule has 2 atom stereocenters. The highest BCUT2D eigenvalue weighted by Gasteiger charge is 2.21. The molecule has 1 fully saturated rings. The average molecular weight is 211 g/mol. The summed E-state index contributed by atoms with van der Waals surface area (Å²) in [5, 5.41) is 12.5. The molecule has 0 aliphatic carbocycles. The zero-order valence-corrected chi connectivity index (χ0v) is 8.14. The van der Waals surface area contributed by atoms with E-state index in [2.05, 4.69) is 10.3 Å². The molecule has 1 aliphatic heterocycles. The molecule has 15 heavy (non-hydrogen) atoms. The number of β-amino-alcohol motifs (C(OH)–C–C–N with tert-alkyl or cyclic N) is 1. The van der Waals surface area contributed by atoms with Gasteiger partial charge in [0.15, 0.2) is 0 Å². The average Bonchev–Trinajstić information content (AvgIpc) is 2.17. The summed E-state index contributed by atoms with van der Waals surface area (Å²) >= 11 is 0. The van der Waals surface area contributed by atoms with Crippen molar-refractivity contribution in [3.05, 3.63) is 33.1 Å². The zero-order valence-electron chi connectivity index (χ0n) is 8.14. The van der Waals surface area contributed by atoms with Crippen molar-refractivity contribution in [2.24, 2.45) is 0 Å². The molecule has 0 aromatic carbocycles. The standard InChI is InChI=1S/C9H13N3O3/c13-7-3-6(4-10-5-7)12-2-1-8(14)11-9(12)15/h1-2,6-7,10,13H,3-5H2,(H,11,14,15)/t6-,7+/m0/s1. The van der Waals surface area contributed by atoms with Crippen molar-refractivity contribution in [2.75, 3.05) is 13.1 Å². The van der Waals surface area contributed by atoms with E-state index in [1.165, 1.54) is 16.8 Å². The smallest absolute Gasteiger partial charge is 0.328 e. The molecule has 2 rings (SSSR count). The first-order chi connectivity index (χ1) is 7.16.